The van der Waals surface area contributed by atoms with E-state index in [0.717, 1.165) is 4.31 Å². The van der Waals surface area contributed by atoms with Gasteiger partial charge in [-0.1, -0.05) is 29.8 Å². The zero-order chi connectivity index (χ0) is 16.5. The Labute approximate surface area is 133 Å². The Morgan fingerprint density at radius 2 is 1.73 bits per heavy atom. The normalized spacial score (nSPS) is 11.6. The molecule has 0 radical (unpaired) electrons. The predicted octanol–water partition coefficient (Wildman–Crippen LogP) is 2.96. The Bertz CT molecular complexity index is 831. The Morgan fingerprint density at radius 1 is 1.09 bits per heavy atom. The van der Waals surface area contributed by atoms with Crippen molar-refractivity contribution in [2.75, 3.05) is 14.1 Å². The van der Waals surface area contributed by atoms with E-state index in [1.54, 1.807) is 18.2 Å². The molecule has 0 aliphatic carbocycles. The van der Waals surface area contributed by atoms with Gasteiger partial charge in [0, 0.05) is 30.2 Å². The number of halogens is 1. The van der Waals surface area contributed by atoms with Crippen molar-refractivity contribution >= 4 is 27.6 Å². The molecule has 0 spiro atoms. The first-order valence-corrected chi connectivity index (χ1v) is 8.11. The number of rotatable bonds is 4. The molecule has 0 aliphatic heterocycles. The van der Waals surface area contributed by atoms with Gasteiger partial charge in [0.15, 0.2) is 0 Å². The molecule has 2 aromatic carbocycles. The number of benzene rings is 2. The fourth-order valence-corrected chi connectivity index (χ4v) is 3.29. The number of carbonyl (C=O) groups is 1. The Morgan fingerprint density at radius 3 is 2.32 bits per heavy atom. The van der Waals surface area contributed by atoms with Crippen LogP contribution in [0.2, 0.25) is 5.02 Å². The molecule has 0 heterocycles. The van der Waals surface area contributed by atoms with Crippen molar-refractivity contribution in [3.8, 4) is 11.1 Å². The summed E-state index contributed by atoms with van der Waals surface area (Å²) < 4.78 is 25.9. The number of sulfonamides is 1. The van der Waals surface area contributed by atoms with Gasteiger partial charge in [0.25, 0.3) is 0 Å². The summed E-state index contributed by atoms with van der Waals surface area (Å²) in [6.45, 7) is 0. The smallest absolute Gasteiger partial charge is 0.335 e. The lowest BCUT2D eigenvalue weighted by atomic mass is 10.0. The second kappa shape index (κ2) is 6.08. The topological polar surface area (TPSA) is 74.7 Å². The summed E-state index contributed by atoms with van der Waals surface area (Å²) in [5, 5.41) is 9.38. The van der Waals surface area contributed by atoms with E-state index < -0.39 is 16.0 Å². The van der Waals surface area contributed by atoms with E-state index in [2.05, 4.69) is 0 Å². The Balaban J connectivity index is 2.75. The maximum absolute atomic E-state index is 12.4. The monoisotopic (exact) mass is 339 g/mol. The van der Waals surface area contributed by atoms with Crippen LogP contribution in [-0.4, -0.2) is 37.9 Å². The molecular weight excluding hydrogens is 326 g/mol. The number of carboxylic acids is 1. The lowest BCUT2D eigenvalue weighted by molar-refractivity contribution is 0.0697. The lowest BCUT2D eigenvalue weighted by Crippen LogP contribution is -2.22. The molecule has 0 atom stereocenters. The van der Waals surface area contributed by atoms with Crippen molar-refractivity contribution in [3.63, 3.8) is 0 Å². The van der Waals surface area contributed by atoms with Crippen molar-refractivity contribution in [1.82, 2.24) is 4.31 Å². The molecule has 1 N–H and O–H groups in total. The Hall–Kier alpha value is -1.89. The second-order valence-electron chi connectivity index (χ2n) is 4.78. The van der Waals surface area contributed by atoms with Gasteiger partial charge in [-0.05, 0) is 24.3 Å². The molecule has 0 saturated carbocycles. The summed E-state index contributed by atoms with van der Waals surface area (Å²) in [6, 6.07) is 10.5. The molecule has 0 aliphatic rings. The third-order valence-corrected chi connectivity index (χ3v) is 5.35. The minimum absolute atomic E-state index is 0.0384. The number of hydrogen-bond donors (Lipinski definition) is 1. The number of carboxylic acid groups (broad SMARTS) is 1. The van der Waals surface area contributed by atoms with Gasteiger partial charge in [0.05, 0.1) is 10.5 Å². The van der Waals surface area contributed by atoms with E-state index in [9.17, 15) is 13.2 Å². The molecule has 0 fully saturated rings. The summed E-state index contributed by atoms with van der Waals surface area (Å²) in [5.41, 5.74) is 0.767. The highest BCUT2D eigenvalue weighted by molar-refractivity contribution is 7.89. The maximum Gasteiger partial charge on any atom is 0.335 e. The van der Waals surface area contributed by atoms with Gasteiger partial charge in [-0.3, -0.25) is 0 Å². The molecule has 2 rings (SSSR count). The van der Waals surface area contributed by atoms with E-state index >= 15 is 0 Å². The molecule has 0 unspecified atom stereocenters. The summed E-state index contributed by atoms with van der Waals surface area (Å²) in [7, 11) is -0.814. The van der Waals surface area contributed by atoms with Crippen LogP contribution in [0.3, 0.4) is 0 Å². The van der Waals surface area contributed by atoms with Crippen LogP contribution in [0.4, 0.5) is 0 Å². The Kier molecular flexibility index (Phi) is 4.55. The fourth-order valence-electron chi connectivity index (χ4n) is 1.98. The van der Waals surface area contributed by atoms with Gasteiger partial charge in [0.1, 0.15) is 0 Å². The molecule has 116 valence electrons. The zero-order valence-electron chi connectivity index (χ0n) is 11.9. The first-order valence-electron chi connectivity index (χ1n) is 6.30. The molecule has 0 saturated heterocycles. The quantitative estimate of drug-likeness (QED) is 0.929. The van der Waals surface area contributed by atoms with Crippen molar-refractivity contribution in [3.05, 3.63) is 53.1 Å². The van der Waals surface area contributed by atoms with Crippen molar-refractivity contribution in [1.29, 1.82) is 0 Å². The van der Waals surface area contributed by atoms with E-state index in [-0.39, 0.29) is 15.5 Å². The lowest BCUT2D eigenvalue weighted by Gasteiger charge is -2.16. The summed E-state index contributed by atoms with van der Waals surface area (Å²) in [4.78, 5) is 11.2. The predicted molar refractivity (Wildman–Crippen MR) is 84.7 cm³/mol. The van der Waals surface area contributed by atoms with Crippen LogP contribution in [0, 0.1) is 0 Å². The molecule has 0 amide bonds. The van der Waals surface area contributed by atoms with Crippen LogP contribution < -0.4 is 0 Å². The third-order valence-electron chi connectivity index (χ3n) is 3.15. The third kappa shape index (κ3) is 2.99. The molecule has 22 heavy (non-hydrogen) atoms. The van der Waals surface area contributed by atoms with Crippen molar-refractivity contribution < 1.29 is 18.3 Å². The SMILES string of the molecule is CN(C)S(=O)(=O)c1ccccc1-c1cc(C(=O)O)ccc1Cl. The van der Waals surface area contributed by atoms with Crippen LogP contribution >= 0.6 is 11.6 Å². The average Bonchev–Trinajstić information content (AvgIpc) is 2.47. The van der Waals surface area contributed by atoms with Gasteiger partial charge >= 0.3 is 5.97 Å². The summed E-state index contributed by atoms with van der Waals surface area (Å²) in [6.07, 6.45) is 0. The maximum atomic E-state index is 12.4. The molecule has 5 nitrogen and oxygen atoms in total. The minimum Gasteiger partial charge on any atom is -0.478 e. The van der Waals surface area contributed by atoms with Gasteiger partial charge in [-0.25, -0.2) is 17.5 Å². The number of aromatic carboxylic acids is 1. The first kappa shape index (κ1) is 16.5. The highest BCUT2D eigenvalue weighted by atomic mass is 35.5. The van der Waals surface area contributed by atoms with Crippen LogP contribution in [0.5, 0.6) is 0 Å². The molecule has 2 aromatic rings. The van der Waals surface area contributed by atoms with E-state index in [0.29, 0.717) is 11.1 Å². The van der Waals surface area contributed by atoms with Crippen molar-refractivity contribution in [2.45, 2.75) is 4.90 Å². The molecular formula is C15H14ClNO4S. The fraction of sp³-hybridized carbons (Fsp3) is 0.133. The largest absolute Gasteiger partial charge is 0.478 e. The van der Waals surface area contributed by atoms with Crippen LogP contribution in [0.25, 0.3) is 11.1 Å². The minimum atomic E-state index is -3.68. The van der Waals surface area contributed by atoms with Gasteiger partial charge in [0.2, 0.25) is 10.0 Å². The van der Waals surface area contributed by atoms with Crippen LogP contribution in [0.15, 0.2) is 47.4 Å². The molecule has 7 heteroatoms. The molecule has 0 bridgehead atoms. The summed E-state index contributed by atoms with van der Waals surface area (Å²) >= 11 is 6.14. The van der Waals surface area contributed by atoms with Gasteiger partial charge in [-0.15, -0.1) is 0 Å². The highest BCUT2D eigenvalue weighted by Gasteiger charge is 2.23. The molecule has 0 aromatic heterocycles. The van der Waals surface area contributed by atoms with E-state index in [1.165, 1.54) is 38.4 Å². The zero-order valence-corrected chi connectivity index (χ0v) is 13.5. The first-order chi connectivity index (χ1) is 10.2. The number of nitrogens with zero attached hydrogens (tertiary/aromatic N) is 1. The van der Waals surface area contributed by atoms with Gasteiger partial charge in [-0.2, -0.15) is 0 Å². The van der Waals surface area contributed by atoms with Crippen molar-refractivity contribution in [2.24, 2.45) is 0 Å². The second-order valence-corrected chi connectivity index (χ2v) is 7.31. The average molecular weight is 340 g/mol. The summed E-state index contributed by atoms with van der Waals surface area (Å²) in [5.74, 6) is -1.11. The number of hydrogen-bond acceptors (Lipinski definition) is 3. The van der Waals surface area contributed by atoms with Crippen LogP contribution in [0.1, 0.15) is 10.4 Å². The van der Waals surface area contributed by atoms with E-state index in [4.69, 9.17) is 16.7 Å². The standard InChI is InChI=1S/C15H14ClNO4S/c1-17(2)22(20,21)14-6-4-3-5-11(14)12-9-10(15(18)19)7-8-13(12)16/h3-9H,1-2H3,(H,18,19). The van der Waals surface area contributed by atoms with E-state index in [1.807, 2.05) is 0 Å². The van der Waals surface area contributed by atoms with Gasteiger partial charge < -0.3 is 5.11 Å². The highest BCUT2D eigenvalue weighted by Crippen LogP contribution is 2.34. The van der Waals surface area contributed by atoms with Crippen LogP contribution in [-0.2, 0) is 10.0 Å².